The van der Waals surface area contributed by atoms with E-state index in [0.717, 1.165) is 29.9 Å². The van der Waals surface area contributed by atoms with Crippen molar-refractivity contribution in [1.82, 2.24) is 24.6 Å². The SMILES string of the molecule is Cc1ccc(C(=O)N2CCCC2c2nnc(SCC(=O)Nc3nc(C)cs3)n2C)cc1. The van der Waals surface area contributed by atoms with Gasteiger partial charge in [-0.15, -0.1) is 21.5 Å². The molecule has 3 aromatic rings. The highest BCUT2D eigenvalue weighted by molar-refractivity contribution is 7.99. The quantitative estimate of drug-likeness (QED) is 0.570. The Morgan fingerprint density at radius 2 is 2.00 bits per heavy atom. The molecule has 0 radical (unpaired) electrons. The molecule has 0 spiro atoms. The van der Waals surface area contributed by atoms with Crippen molar-refractivity contribution in [2.24, 2.45) is 7.05 Å². The number of carbonyl (C=O) groups excluding carboxylic acids is 2. The number of nitrogens with zero attached hydrogens (tertiary/aromatic N) is 5. The van der Waals surface area contributed by atoms with Gasteiger partial charge in [0, 0.05) is 24.5 Å². The van der Waals surface area contributed by atoms with E-state index in [1.807, 2.05) is 60.0 Å². The Labute approximate surface area is 189 Å². The van der Waals surface area contributed by atoms with Gasteiger partial charge in [0.25, 0.3) is 5.91 Å². The molecule has 162 valence electrons. The average Bonchev–Trinajstić information content (AvgIpc) is 3.47. The molecule has 1 aromatic carbocycles. The van der Waals surface area contributed by atoms with Gasteiger partial charge in [-0.25, -0.2) is 4.98 Å². The molecule has 2 aromatic heterocycles. The second-order valence-electron chi connectivity index (χ2n) is 7.55. The number of anilines is 1. The number of aryl methyl sites for hydroxylation is 2. The van der Waals surface area contributed by atoms with E-state index < -0.39 is 0 Å². The van der Waals surface area contributed by atoms with E-state index in [-0.39, 0.29) is 23.6 Å². The molecule has 4 rings (SSSR count). The Kier molecular flexibility index (Phi) is 6.38. The lowest BCUT2D eigenvalue weighted by molar-refractivity contribution is -0.113. The zero-order valence-electron chi connectivity index (χ0n) is 17.7. The standard InChI is InChI=1S/C21H24N6O2S2/c1-13-6-8-15(9-7-13)19(29)27-10-4-5-16(27)18-24-25-21(26(18)3)31-12-17(28)23-20-22-14(2)11-30-20/h6-9,11,16H,4-5,10,12H2,1-3H3,(H,22,23,28). The summed E-state index contributed by atoms with van der Waals surface area (Å²) >= 11 is 2.72. The molecule has 2 amide bonds. The summed E-state index contributed by atoms with van der Waals surface area (Å²) in [6.45, 7) is 4.59. The minimum atomic E-state index is -0.138. The fourth-order valence-corrected chi connectivity index (χ4v) is 5.00. The minimum Gasteiger partial charge on any atom is -0.328 e. The monoisotopic (exact) mass is 456 g/mol. The lowest BCUT2D eigenvalue weighted by Crippen LogP contribution is -2.31. The maximum Gasteiger partial charge on any atom is 0.254 e. The third-order valence-corrected chi connectivity index (χ3v) is 7.07. The van der Waals surface area contributed by atoms with E-state index in [4.69, 9.17) is 0 Å². The van der Waals surface area contributed by atoms with Crippen molar-refractivity contribution in [1.29, 1.82) is 0 Å². The van der Waals surface area contributed by atoms with E-state index in [9.17, 15) is 9.59 Å². The molecule has 1 atom stereocenters. The van der Waals surface area contributed by atoms with Crippen LogP contribution in [0.15, 0.2) is 34.8 Å². The van der Waals surface area contributed by atoms with Crippen LogP contribution in [0.2, 0.25) is 0 Å². The van der Waals surface area contributed by atoms with Crippen molar-refractivity contribution in [2.45, 2.75) is 37.9 Å². The first kappa shape index (κ1) is 21.5. The molecule has 31 heavy (non-hydrogen) atoms. The summed E-state index contributed by atoms with van der Waals surface area (Å²) in [4.78, 5) is 31.4. The Hall–Kier alpha value is -2.72. The number of rotatable bonds is 6. The number of carbonyl (C=O) groups is 2. The first-order valence-corrected chi connectivity index (χ1v) is 11.9. The molecule has 1 aliphatic rings. The van der Waals surface area contributed by atoms with Gasteiger partial charge in [0.1, 0.15) is 0 Å². The zero-order valence-corrected chi connectivity index (χ0v) is 19.3. The Bertz CT molecular complexity index is 1090. The van der Waals surface area contributed by atoms with E-state index in [2.05, 4.69) is 20.5 Å². The topological polar surface area (TPSA) is 93.0 Å². The third kappa shape index (κ3) is 4.80. The maximum absolute atomic E-state index is 13.1. The van der Waals surface area contributed by atoms with Gasteiger partial charge < -0.3 is 14.8 Å². The number of hydrogen-bond donors (Lipinski definition) is 1. The molecule has 1 aliphatic heterocycles. The molecule has 1 fully saturated rings. The van der Waals surface area contributed by atoms with Crippen LogP contribution < -0.4 is 5.32 Å². The number of amides is 2. The molecule has 0 saturated carbocycles. The lowest BCUT2D eigenvalue weighted by atomic mass is 10.1. The van der Waals surface area contributed by atoms with E-state index in [0.29, 0.717) is 22.4 Å². The molecule has 8 nitrogen and oxygen atoms in total. The second-order valence-corrected chi connectivity index (χ2v) is 9.35. The summed E-state index contributed by atoms with van der Waals surface area (Å²) in [6, 6.07) is 7.52. The van der Waals surface area contributed by atoms with Crippen LogP contribution in [0.1, 0.15) is 46.3 Å². The van der Waals surface area contributed by atoms with Crippen LogP contribution in [0, 0.1) is 13.8 Å². The second kappa shape index (κ2) is 9.19. The van der Waals surface area contributed by atoms with Gasteiger partial charge in [-0.3, -0.25) is 9.59 Å². The van der Waals surface area contributed by atoms with Crippen LogP contribution in [-0.4, -0.2) is 48.8 Å². The van der Waals surface area contributed by atoms with Crippen LogP contribution in [-0.2, 0) is 11.8 Å². The fourth-order valence-electron chi connectivity index (χ4n) is 3.58. The predicted octanol–water partition coefficient (Wildman–Crippen LogP) is 3.60. The largest absolute Gasteiger partial charge is 0.328 e. The highest BCUT2D eigenvalue weighted by atomic mass is 32.2. The first-order valence-electron chi connectivity index (χ1n) is 10.0. The van der Waals surface area contributed by atoms with Gasteiger partial charge in [-0.05, 0) is 38.8 Å². The number of aromatic nitrogens is 4. The van der Waals surface area contributed by atoms with Gasteiger partial charge in [-0.1, -0.05) is 29.5 Å². The summed E-state index contributed by atoms with van der Waals surface area (Å²) in [5, 5.41) is 14.6. The van der Waals surface area contributed by atoms with Crippen molar-refractivity contribution in [2.75, 3.05) is 17.6 Å². The van der Waals surface area contributed by atoms with Crippen LogP contribution in [0.3, 0.4) is 0 Å². The maximum atomic E-state index is 13.1. The molecular formula is C21H24N6O2S2. The van der Waals surface area contributed by atoms with E-state index in [1.54, 1.807) is 0 Å². The normalized spacial score (nSPS) is 16.0. The van der Waals surface area contributed by atoms with Crippen LogP contribution in [0.5, 0.6) is 0 Å². The first-order chi connectivity index (χ1) is 14.9. The molecule has 3 heterocycles. The summed E-state index contributed by atoms with van der Waals surface area (Å²) in [5.74, 6) is 0.830. The number of thioether (sulfide) groups is 1. The minimum absolute atomic E-state index is 0.0119. The van der Waals surface area contributed by atoms with Crippen molar-refractivity contribution < 1.29 is 9.59 Å². The van der Waals surface area contributed by atoms with Crippen molar-refractivity contribution in [3.8, 4) is 0 Å². The summed E-state index contributed by atoms with van der Waals surface area (Å²) < 4.78 is 1.89. The molecule has 1 N–H and O–H groups in total. The van der Waals surface area contributed by atoms with Crippen LogP contribution in [0.4, 0.5) is 5.13 Å². The predicted molar refractivity (Wildman–Crippen MR) is 121 cm³/mol. The van der Waals surface area contributed by atoms with Crippen LogP contribution >= 0.6 is 23.1 Å². The van der Waals surface area contributed by atoms with E-state index >= 15 is 0 Å². The van der Waals surface area contributed by atoms with Crippen molar-refractivity contribution in [3.63, 3.8) is 0 Å². The molecule has 1 saturated heterocycles. The molecular weight excluding hydrogens is 432 g/mol. The molecule has 0 bridgehead atoms. The smallest absolute Gasteiger partial charge is 0.254 e. The summed E-state index contributed by atoms with van der Waals surface area (Å²) in [5.41, 5.74) is 2.69. The Morgan fingerprint density at radius 3 is 2.71 bits per heavy atom. The molecule has 10 heteroatoms. The average molecular weight is 457 g/mol. The number of hydrogen-bond acceptors (Lipinski definition) is 7. The fraction of sp³-hybridized carbons (Fsp3) is 0.381. The van der Waals surface area contributed by atoms with Crippen LogP contribution in [0.25, 0.3) is 0 Å². The van der Waals surface area contributed by atoms with Gasteiger partial charge in [-0.2, -0.15) is 0 Å². The molecule has 1 unspecified atom stereocenters. The number of thiazole rings is 1. The van der Waals surface area contributed by atoms with Crippen molar-refractivity contribution >= 4 is 40.0 Å². The number of benzene rings is 1. The summed E-state index contributed by atoms with van der Waals surface area (Å²) in [7, 11) is 1.88. The lowest BCUT2D eigenvalue weighted by Gasteiger charge is -2.24. The van der Waals surface area contributed by atoms with Gasteiger partial charge in [0.15, 0.2) is 16.1 Å². The Balaban J connectivity index is 1.42. The summed E-state index contributed by atoms with van der Waals surface area (Å²) in [6.07, 6.45) is 1.77. The number of likely N-dealkylation sites (tertiary alicyclic amines) is 1. The third-order valence-electron chi connectivity index (χ3n) is 5.18. The van der Waals surface area contributed by atoms with E-state index in [1.165, 1.54) is 23.1 Å². The van der Waals surface area contributed by atoms with Gasteiger partial charge in [0.2, 0.25) is 5.91 Å². The zero-order chi connectivity index (χ0) is 22.0. The molecule has 0 aliphatic carbocycles. The van der Waals surface area contributed by atoms with Gasteiger partial charge >= 0.3 is 0 Å². The Morgan fingerprint density at radius 1 is 1.23 bits per heavy atom. The van der Waals surface area contributed by atoms with Gasteiger partial charge in [0.05, 0.1) is 17.5 Å². The van der Waals surface area contributed by atoms with Crippen molar-refractivity contribution in [3.05, 3.63) is 52.3 Å². The number of nitrogens with one attached hydrogen (secondary N) is 1. The highest BCUT2D eigenvalue weighted by Gasteiger charge is 2.34. The highest BCUT2D eigenvalue weighted by Crippen LogP contribution is 2.33.